The van der Waals surface area contributed by atoms with Gasteiger partial charge in [0.25, 0.3) is 0 Å². The summed E-state index contributed by atoms with van der Waals surface area (Å²) in [5.41, 5.74) is 1.37. The van der Waals surface area contributed by atoms with Crippen molar-refractivity contribution in [1.82, 2.24) is 5.32 Å². The predicted molar refractivity (Wildman–Crippen MR) is 77.1 cm³/mol. The Morgan fingerprint density at radius 1 is 1.47 bits per heavy atom. The first-order chi connectivity index (χ1) is 8.24. The lowest BCUT2D eigenvalue weighted by Crippen LogP contribution is -2.55. The van der Waals surface area contributed by atoms with E-state index in [1.807, 2.05) is 11.8 Å². The summed E-state index contributed by atoms with van der Waals surface area (Å²) >= 11 is 1.81. The lowest BCUT2D eigenvalue weighted by molar-refractivity contribution is 0.402. The molecule has 17 heavy (non-hydrogen) atoms. The van der Waals surface area contributed by atoms with E-state index < -0.39 is 0 Å². The van der Waals surface area contributed by atoms with Crippen molar-refractivity contribution in [3.8, 4) is 0 Å². The molecule has 1 aliphatic heterocycles. The van der Waals surface area contributed by atoms with E-state index in [4.69, 9.17) is 0 Å². The highest BCUT2D eigenvalue weighted by Crippen LogP contribution is 2.25. The Bertz CT molecular complexity index is 367. The molecule has 94 valence electrons. The molecule has 0 saturated carbocycles. The monoisotopic (exact) mass is 250 g/mol. The van der Waals surface area contributed by atoms with Crippen LogP contribution in [0.15, 0.2) is 29.2 Å². The molecule has 2 rings (SSSR count). The first-order valence-electron chi connectivity index (χ1n) is 6.38. The first-order valence-corrected chi connectivity index (χ1v) is 7.61. The molecule has 2 unspecified atom stereocenters. The molecule has 1 N–H and O–H groups in total. The van der Waals surface area contributed by atoms with Gasteiger partial charge in [-0.3, -0.25) is 0 Å². The number of rotatable bonds is 3. The Morgan fingerprint density at radius 2 is 2.29 bits per heavy atom. The van der Waals surface area contributed by atoms with Gasteiger partial charge in [-0.2, -0.15) is 0 Å². The summed E-state index contributed by atoms with van der Waals surface area (Å²) in [7, 11) is 0. The van der Waals surface area contributed by atoms with E-state index in [0.29, 0.717) is 12.1 Å². The Kier molecular flexibility index (Phi) is 4.35. The zero-order valence-corrected chi connectivity index (χ0v) is 11.8. The quantitative estimate of drug-likeness (QED) is 0.830. The van der Waals surface area contributed by atoms with Crippen molar-refractivity contribution in [2.45, 2.75) is 37.2 Å². The number of anilines is 1. The molecule has 1 aromatic rings. The second-order valence-corrected chi connectivity index (χ2v) is 5.60. The molecule has 0 spiro atoms. The van der Waals surface area contributed by atoms with Gasteiger partial charge in [0, 0.05) is 35.8 Å². The Balaban J connectivity index is 2.22. The van der Waals surface area contributed by atoms with Gasteiger partial charge in [0.2, 0.25) is 0 Å². The molecular formula is C14H22N2S. The third-order valence-electron chi connectivity index (χ3n) is 3.47. The summed E-state index contributed by atoms with van der Waals surface area (Å²) in [5.74, 6) is 0. The maximum Gasteiger partial charge on any atom is 0.0412 e. The van der Waals surface area contributed by atoms with E-state index in [2.05, 4.69) is 54.6 Å². The molecule has 0 amide bonds. The number of piperazine rings is 1. The second-order valence-electron chi connectivity index (χ2n) is 4.73. The van der Waals surface area contributed by atoms with Crippen LogP contribution in [0, 0.1) is 0 Å². The normalized spacial score (nSPS) is 25.0. The summed E-state index contributed by atoms with van der Waals surface area (Å²) in [6, 6.07) is 10.1. The van der Waals surface area contributed by atoms with Crippen LogP contribution in [0.25, 0.3) is 0 Å². The van der Waals surface area contributed by atoms with E-state index in [1.165, 1.54) is 17.0 Å². The van der Waals surface area contributed by atoms with E-state index in [1.54, 1.807) is 0 Å². The van der Waals surface area contributed by atoms with E-state index in [9.17, 15) is 0 Å². The third kappa shape index (κ3) is 2.96. The zero-order chi connectivity index (χ0) is 12.3. The highest BCUT2D eigenvalue weighted by atomic mass is 32.2. The minimum Gasteiger partial charge on any atom is -0.366 e. The number of hydrogen-bond acceptors (Lipinski definition) is 3. The molecule has 0 aromatic heterocycles. The molecule has 1 aliphatic rings. The van der Waals surface area contributed by atoms with Crippen molar-refractivity contribution in [3.63, 3.8) is 0 Å². The summed E-state index contributed by atoms with van der Waals surface area (Å²) in [6.45, 7) is 6.74. The van der Waals surface area contributed by atoms with Gasteiger partial charge in [0.1, 0.15) is 0 Å². The van der Waals surface area contributed by atoms with E-state index in [0.717, 1.165) is 13.1 Å². The van der Waals surface area contributed by atoms with Gasteiger partial charge < -0.3 is 10.2 Å². The zero-order valence-electron chi connectivity index (χ0n) is 10.9. The van der Waals surface area contributed by atoms with Crippen LogP contribution in [-0.2, 0) is 0 Å². The van der Waals surface area contributed by atoms with Crippen LogP contribution in [0.1, 0.15) is 20.3 Å². The van der Waals surface area contributed by atoms with Gasteiger partial charge in [0.05, 0.1) is 0 Å². The van der Waals surface area contributed by atoms with Gasteiger partial charge in [0.15, 0.2) is 0 Å². The average Bonchev–Trinajstić information content (AvgIpc) is 2.39. The number of hydrogen-bond donors (Lipinski definition) is 1. The standard InChI is InChI=1S/C14H22N2S/c1-4-12-9-15-11(2)10-16(12)13-6-5-7-14(8-13)17-3/h5-8,11-12,15H,4,9-10H2,1-3H3. The summed E-state index contributed by atoms with van der Waals surface area (Å²) < 4.78 is 0. The molecule has 0 radical (unpaired) electrons. The molecular weight excluding hydrogens is 228 g/mol. The van der Waals surface area contributed by atoms with Crippen molar-refractivity contribution >= 4 is 17.4 Å². The molecule has 1 fully saturated rings. The SMILES string of the molecule is CCC1CNC(C)CN1c1cccc(SC)c1. The maximum absolute atomic E-state index is 3.56. The van der Waals surface area contributed by atoms with Crippen LogP contribution in [0.2, 0.25) is 0 Å². The highest BCUT2D eigenvalue weighted by Gasteiger charge is 2.24. The summed E-state index contributed by atoms with van der Waals surface area (Å²) in [4.78, 5) is 3.91. The number of nitrogens with one attached hydrogen (secondary N) is 1. The topological polar surface area (TPSA) is 15.3 Å². The van der Waals surface area contributed by atoms with Gasteiger partial charge in [-0.25, -0.2) is 0 Å². The van der Waals surface area contributed by atoms with Crippen LogP contribution in [0.4, 0.5) is 5.69 Å². The molecule has 0 aliphatic carbocycles. The fourth-order valence-electron chi connectivity index (χ4n) is 2.43. The lowest BCUT2D eigenvalue weighted by atomic mass is 10.1. The van der Waals surface area contributed by atoms with Crippen molar-refractivity contribution in [2.75, 3.05) is 24.2 Å². The van der Waals surface area contributed by atoms with Gasteiger partial charge in [-0.1, -0.05) is 13.0 Å². The van der Waals surface area contributed by atoms with Crippen molar-refractivity contribution in [1.29, 1.82) is 0 Å². The molecule has 2 atom stereocenters. The highest BCUT2D eigenvalue weighted by molar-refractivity contribution is 7.98. The second kappa shape index (κ2) is 5.78. The Morgan fingerprint density at radius 3 is 3.00 bits per heavy atom. The summed E-state index contributed by atoms with van der Waals surface area (Å²) in [6.07, 6.45) is 3.33. The Hall–Kier alpha value is -0.670. The Labute approximate surface area is 109 Å². The fourth-order valence-corrected chi connectivity index (χ4v) is 2.88. The van der Waals surface area contributed by atoms with Gasteiger partial charge >= 0.3 is 0 Å². The van der Waals surface area contributed by atoms with E-state index >= 15 is 0 Å². The molecule has 0 bridgehead atoms. The molecule has 1 aromatic carbocycles. The number of thioether (sulfide) groups is 1. The molecule has 2 nitrogen and oxygen atoms in total. The maximum atomic E-state index is 3.56. The van der Waals surface area contributed by atoms with Crippen LogP contribution in [-0.4, -0.2) is 31.4 Å². The average molecular weight is 250 g/mol. The number of nitrogens with zero attached hydrogens (tertiary/aromatic N) is 1. The minimum atomic E-state index is 0.579. The van der Waals surface area contributed by atoms with Gasteiger partial charge in [-0.05, 0) is 37.8 Å². The van der Waals surface area contributed by atoms with E-state index in [-0.39, 0.29) is 0 Å². The predicted octanol–water partition coefficient (Wildman–Crippen LogP) is 2.99. The van der Waals surface area contributed by atoms with Crippen molar-refractivity contribution in [3.05, 3.63) is 24.3 Å². The fraction of sp³-hybridized carbons (Fsp3) is 0.571. The molecule has 3 heteroatoms. The largest absolute Gasteiger partial charge is 0.366 e. The van der Waals surface area contributed by atoms with Crippen LogP contribution < -0.4 is 10.2 Å². The minimum absolute atomic E-state index is 0.579. The third-order valence-corrected chi connectivity index (χ3v) is 4.19. The van der Waals surface area contributed by atoms with Crippen LogP contribution in [0.5, 0.6) is 0 Å². The number of benzene rings is 1. The van der Waals surface area contributed by atoms with Crippen LogP contribution >= 0.6 is 11.8 Å². The smallest absolute Gasteiger partial charge is 0.0412 e. The van der Waals surface area contributed by atoms with Gasteiger partial charge in [-0.15, -0.1) is 11.8 Å². The van der Waals surface area contributed by atoms with Crippen LogP contribution in [0.3, 0.4) is 0 Å². The molecule has 1 saturated heterocycles. The van der Waals surface area contributed by atoms with Crippen molar-refractivity contribution < 1.29 is 0 Å². The summed E-state index contributed by atoms with van der Waals surface area (Å²) in [5, 5.41) is 3.56. The first kappa shape index (κ1) is 12.8. The molecule has 1 heterocycles. The van der Waals surface area contributed by atoms with Crippen molar-refractivity contribution in [2.24, 2.45) is 0 Å². The lowest BCUT2D eigenvalue weighted by Gasteiger charge is -2.40.